The highest BCUT2D eigenvalue weighted by molar-refractivity contribution is 6.34. The molecule has 2 rings (SSSR count). The summed E-state index contributed by atoms with van der Waals surface area (Å²) in [5, 5.41) is 25.2. The maximum atomic E-state index is 12.2. The summed E-state index contributed by atoms with van der Waals surface area (Å²) in [6.45, 7) is 0. The molecule has 4 N–H and O–H groups in total. The summed E-state index contributed by atoms with van der Waals surface area (Å²) in [5.41, 5.74) is 6.34. The molecular weight excluding hydrogens is 346 g/mol. The minimum absolute atomic E-state index is 0.0366. The minimum atomic E-state index is -0.757. The Labute approximate surface area is 147 Å². The second kappa shape index (κ2) is 7.81. The van der Waals surface area contributed by atoms with Crippen molar-refractivity contribution in [1.82, 2.24) is 0 Å². The molecule has 9 heteroatoms. The van der Waals surface area contributed by atoms with Crippen molar-refractivity contribution in [2.75, 3.05) is 16.4 Å². The van der Waals surface area contributed by atoms with Gasteiger partial charge in [0.05, 0.1) is 15.6 Å². The molecule has 0 heterocycles. The highest BCUT2D eigenvalue weighted by Gasteiger charge is 2.14. The summed E-state index contributed by atoms with van der Waals surface area (Å²) in [4.78, 5) is 22.3. The Morgan fingerprint density at radius 3 is 2.56 bits per heavy atom. The monoisotopic (exact) mass is 357 g/mol. The molecule has 0 aliphatic heterocycles. The lowest BCUT2D eigenvalue weighted by Gasteiger charge is -2.07. The molecule has 0 saturated heterocycles. The zero-order chi connectivity index (χ0) is 18.4. The van der Waals surface area contributed by atoms with Crippen LogP contribution in [0.1, 0.15) is 0 Å². The highest BCUT2D eigenvalue weighted by atomic mass is 35.5. The molecule has 8 nitrogen and oxygen atoms in total. The maximum absolute atomic E-state index is 12.2. The van der Waals surface area contributed by atoms with E-state index in [0.29, 0.717) is 11.4 Å². The molecule has 0 fully saturated rings. The van der Waals surface area contributed by atoms with E-state index in [-0.39, 0.29) is 22.0 Å². The van der Waals surface area contributed by atoms with E-state index >= 15 is 0 Å². The van der Waals surface area contributed by atoms with E-state index in [1.54, 1.807) is 30.3 Å². The Hall–Kier alpha value is -3.57. The zero-order valence-electron chi connectivity index (χ0n) is 12.7. The Balaban J connectivity index is 2.16. The Morgan fingerprint density at radius 2 is 1.96 bits per heavy atom. The van der Waals surface area contributed by atoms with Gasteiger partial charge in [-0.3, -0.25) is 14.9 Å². The van der Waals surface area contributed by atoms with E-state index in [9.17, 15) is 14.9 Å². The Bertz CT molecular complexity index is 888. The van der Waals surface area contributed by atoms with Crippen LogP contribution in [0.3, 0.4) is 0 Å². The number of benzene rings is 2. The molecule has 0 aromatic heterocycles. The van der Waals surface area contributed by atoms with Crippen LogP contribution in [0.15, 0.2) is 54.2 Å². The topological polar surface area (TPSA) is 134 Å². The van der Waals surface area contributed by atoms with Gasteiger partial charge in [-0.05, 0) is 30.3 Å². The van der Waals surface area contributed by atoms with Crippen LogP contribution in [0.5, 0.6) is 0 Å². The van der Waals surface area contributed by atoms with Crippen molar-refractivity contribution in [3.63, 3.8) is 0 Å². The Kier molecular flexibility index (Phi) is 5.55. The first-order valence-corrected chi connectivity index (χ1v) is 7.26. The van der Waals surface area contributed by atoms with Crippen LogP contribution in [0, 0.1) is 21.4 Å². The quantitative estimate of drug-likeness (QED) is 0.247. The van der Waals surface area contributed by atoms with E-state index in [1.165, 1.54) is 18.3 Å². The van der Waals surface area contributed by atoms with Gasteiger partial charge >= 0.3 is 0 Å². The summed E-state index contributed by atoms with van der Waals surface area (Å²) >= 11 is 5.91. The van der Waals surface area contributed by atoms with Gasteiger partial charge in [-0.2, -0.15) is 5.26 Å². The average molecular weight is 358 g/mol. The third-order valence-corrected chi connectivity index (χ3v) is 3.40. The molecule has 0 bridgehead atoms. The number of hydrogen-bond donors (Lipinski definition) is 3. The number of nitrogens with zero attached hydrogens (tertiary/aromatic N) is 2. The molecule has 25 heavy (non-hydrogen) atoms. The molecule has 1 amide bonds. The summed E-state index contributed by atoms with van der Waals surface area (Å²) in [6, 6.07) is 12.0. The predicted molar refractivity (Wildman–Crippen MR) is 94.9 cm³/mol. The maximum Gasteiger partial charge on any atom is 0.271 e. The van der Waals surface area contributed by atoms with Crippen LogP contribution in [0.2, 0.25) is 5.02 Å². The van der Waals surface area contributed by atoms with Gasteiger partial charge in [0.25, 0.3) is 11.6 Å². The molecule has 0 spiro atoms. The SMILES string of the molecule is N#C/C(=C/Nc1ccc(N)cc1)C(=O)Nc1cc([N+](=O)[O-])ccc1Cl. The fourth-order valence-corrected chi connectivity index (χ4v) is 1.96. The summed E-state index contributed by atoms with van der Waals surface area (Å²) in [5.74, 6) is -0.757. The molecule has 0 saturated carbocycles. The Morgan fingerprint density at radius 1 is 1.28 bits per heavy atom. The number of hydrogen-bond acceptors (Lipinski definition) is 6. The molecular formula is C16H12ClN5O3. The van der Waals surface area contributed by atoms with Crippen molar-refractivity contribution in [1.29, 1.82) is 5.26 Å². The van der Waals surface area contributed by atoms with E-state index in [0.717, 1.165) is 6.07 Å². The molecule has 0 aliphatic carbocycles. The van der Waals surface area contributed by atoms with Gasteiger partial charge in [0.15, 0.2) is 0 Å². The largest absolute Gasteiger partial charge is 0.399 e. The van der Waals surface area contributed by atoms with Crippen LogP contribution in [-0.4, -0.2) is 10.8 Å². The lowest BCUT2D eigenvalue weighted by atomic mass is 10.2. The number of carbonyl (C=O) groups excluding carboxylic acids is 1. The predicted octanol–water partition coefficient (Wildman–Crippen LogP) is 3.29. The zero-order valence-corrected chi connectivity index (χ0v) is 13.4. The third-order valence-electron chi connectivity index (χ3n) is 3.07. The van der Waals surface area contributed by atoms with Crippen molar-refractivity contribution >= 4 is 40.3 Å². The fraction of sp³-hybridized carbons (Fsp3) is 0. The first kappa shape index (κ1) is 17.8. The molecule has 2 aromatic rings. The highest BCUT2D eigenvalue weighted by Crippen LogP contribution is 2.27. The number of halogens is 1. The minimum Gasteiger partial charge on any atom is -0.399 e. The number of anilines is 3. The van der Waals surface area contributed by atoms with Gasteiger partial charge < -0.3 is 16.4 Å². The van der Waals surface area contributed by atoms with E-state index in [4.69, 9.17) is 22.6 Å². The number of nitrogens with two attached hydrogens (primary N) is 1. The number of nitriles is 1. The first-order chi connectivity index (χ1) is 11.9. The van der Waals surface area contributed by atoms with Crippen LogP contribution in [0.25, 0.3) is 0 Å². The average Bonchev–Trinajstić information content (AvgIpc) is 2.58. The smallest absolute Gasteiger partial charge is 0.271 e. The lowest BCUT2D eigenvalue weighted by Crippen LogP contribution is -2.15. The number of nitrogens with one attached hydrogen (secondary N) is 2. The van der Waals surface area contributed by atoms with Gasteiger partial charge in [-0.15, -0.1) is 0 Å². The molecule has 2 aromatic carbocycles. The standard InChI is InChI=1S/C16H12ClN5O3/c17-14-6-5-13(22(24)25)7-15(14)21-16(23)10(8-18)9-20-12-3-1-11(19)2-4-12/h1-7,9,20H,19H2,(H,21,23)/b10-9-. The first-order valence-electron chi connectivity index (χ1n) is 6.88. The van der Waals surface area contributed by atoms with Crippen LogP contribution in [0.4, 0.5) is 22.7 Å². The number of nitrogen functional groups attached to an aromatic ring is 1. The molecule has 0 radical (unpaired) electrons. The summed E-state index contributed by atoms with van der Waals surface area (Å²) in [7, 11) is 0. The van der Waals surface area contributed by atoms with Crippen molar-refractivity contribution in [3.05, 3.63) is 69.4 Å². The van der Waals surface area contributed by atoms with Crippen molar-refractivity contribution in [2.24, 2.45) is 0 Å². The van der Waals surface area contributed by atoms with E-state index < -0.39 is 10.8 Å². The number of non-ortho nitro benzene ring substituents is 1. The van der Waals surface area contributed by atoms with Crippen molar-refractivity contribution < 1.29 is 9.72 Å². The second-order valence-corrected chi connectivity index (χ2v) is 5.22. The number of nitro groups is 1. The van der Waals surface area contributed by atoms with Crippen molar-refractivity contribution in [3.8, 4) is 6.07 Å². The fourth-order valence-electron chi connectivity index (χ4n) is 1.80. The van der Waals surface area contributed by atoms with E-state index in [1.807, 2.05) is 0 Å². The molecule has 0 aliphatic rings. The van der Waals surface area contributed by atoms with E-state index in [2.05, 4.69) is 10.6 Å². The number of nitro benzene ring substituents is 1. The van der Waals surface area contributed by atoms with Crippen molar-refractivity contribution in [2.45, 2.75) is 0 Å². The van der Waals surface area contributed by atoms with Gasteiger partial charge in [0, 0.05) is 29.7 Å². The van der Waals surface area contributed by atoms with Gasteiger partial charge in [0.2, 0.25) is 0 Å². The lowest BCUT2D eigenvalue weighted by molar-refractivity contribution is -0.384. The number of rotatable bonds is 5. The molecule has 0 atom stereocenters. The summed E-state index contributed by atoms with van der Waals surface area (Å²) in [6.07, 6.45) is 1.21. The van der Waals surface area contributed by atoms with Gasteiger partial charge in [-0.1, -0.05) is 11.6 Å². The molecule has 0 unspecified atom stereocenters. The second-order valence-electron chi connectivity index (χ2n) is 4.81. The normalized spacial score (nSPS) is 10.6. The number of carbonyl (C=O) groups is 1. The van der Waals surface area contributed by atoms with Crippen LogP contribution >= 0.6 is 11.6 Å². The summed E-state index contributed by atoms with van der Waals surface area (Å²) < 4.78 is 0. The number of amides is 1. The van der Waals surface area contributed by atoms with Gasteiger partial charge in [0.1, 0.15) is 11.6 Å². The van der Waals surface area contributed by atoms with Gasteiger partial charge in [-0.25, -0.2) is 0 Å². The van der Waals surface area contributed by atoms with Crippen LogP contribution < -0.4 is 16.4 Å². The van der Waals surface area contributed by atoms with Crippen LogP contribution in [-0.2, 0) is 4.79 Å². The third kappa shape index (κ3) is 4.70. The molecule has 126 valence electrons.